The van der Waals surface area contributed by atoms with Crippen LogP contribution in [0, 0.1) is 0 Å². The van der Waals surface area contributed by atoms with Crippen LogP contribution in [0.2, 0.25) is 10.0 Å². The Morgan fingerprint density at radius 1 is 1.14 bits per heavy atom. The van der Waals surface area contributed by atoms with Gasteiger partial charge in [-0.05, 0) is 24.3 Å². The number of rotatable bonds is 3. The Hall–Kier alpha value is -1.49. The lowest BCUT2D eigenvalue weighted by Gasteiger charge is -2.05. The number of nitrogens with zero attached hydrogens (tertiary/aromatic N) is 2. The normalized spacial score (nSPS) is 11.0. The summed E-state index contributed by atoms with van der Waals surface area (Å²) in [6, 6.07) is 12.6. The minimum Gasteiger partial charge on any atom is -0.269 e. The van der Waals surface area contributed by atoms with E-state index in [2.05, 4.69) is 4.98 Å². The van der Waals surface area contributed by atoms with E-state index < -0.39 is 0 Å². The summed E-state index contributed by atoms with van der Waals surface area (Å²) in [6.45, 7) is 0. The van der Waals surface area contributed by atoms with Crippen molar-refractivity contribution in [3.8, 4) is 0 Å². The number of fused-ring (bicyclic) bond motifs is 1. The Bertz CT molecular complexity index is 864. The number of thioether (sulfide) groups is 1. The Labute approximate surface area is 135 Å². The van der Waals surface area contributed by atoms with Gasteiger partial charge in [0.05, 0.1) is 15.7 Å². The highest BCUT2D eigenvalue weighted by Gasteiger charge is 2.05. The van der Waals surface area contributed by atoms with Crippen molar-refractivity contribution in [2.75, 3.05) is 0 Å². The van der Waals surface area contributed by atoms with Gasteiger partial charge in [0.15, 0.2) is 0 Å². The van der Waals surface area contributed by atoms with E-state index in [9.17, 15) is 4.79 Å². The van der Waals surface area contributed by atoms with Gasteiger partial charge in [-0.1, -0.05) is 35.3 Å². The van der Waals surface area contributed by atoms with Gasteiger partial charge in [0.25, 0.3) is 5.56 Å². The lowest BCUT2D eigenvalue weighted by atomic mass is 10.4. The molecule has 0 radical (unpaired) electrons. The van der Waals surface area contributed by atoms with Crippen molar-refractivity contribution in [1.29, 1.82) is 0 Å². The standard InChI is InChI=1S/C15H10Cl2N2OS/c16-10-5-6-14-18-11(7-15(20)19(14)8-10)9-21-13-4-2-1-3-12(13)17/h1-8H,9H2. The van der Waals surface area contributed by atoms with E-state index >= 15 is 0 Å². The second-order valence-electron chi connectivity index (χ2n) is 4.38. The fraction of sp³-hybridized carbons (Fsp3) is 0.0667. The molecule has 0 fully saturated rings. The van der Waals surface area contributed by atoms with Crippen LogP contribution in [0.25, 0.3) is 5.65 Å². The molecule has 0 amide bonds. The van der Waals surface area contributed by atoms with Crippen LogP contribution in [0.1, 0.15) is 5.69 Å². The lowest BCUT2D eigenvalue weighted by Crippen LogP contribution is -2.15. The molecule has 1 aromatic carbocycles. The summed E-state index contributed by atoms with van der Waals surface area (Å²) in [5.41, 5.74) is 1.16. The van der Waals surface area contributed by atoms with Gasteiger partial charge >= 0.3 is 0 Å². The van der Waals surface area contributed by atoms with Crippen LogP contribution >= 0.6 is 35.0 Å². The van der Waals surface area contributed by atoms with Crippen molar-refractivity contribution in [2.45, 2.75) is 10.6 Å². The molecule has 0 aliphatic heterocycles. The smallest absolute Gasteiger partial charge is 0.258 e. The zero-order chi connectivity index (χ0) is 14.8. The summed E-state index contributed by atoms with van der Waals surface area (Å²) in [5, 5.41) is 1.20. The predicted molar refractivity (Wildman–Crippen MR) is 87.5 cm³/mol. The first-order chi connectivity index (χ1) is 10.1. The summed E-state index contributed by atoms with van der Waals surface area (Å²) in [5.74, 6) is 0.581. The fourth-order valence-electron chi connectivity index (χ4n) is 1.91. The maximum absolute atomic E-state index is 12.1. The molecule has 0 saturated carbocycles. The highest BCUT2D eigenvalue weighted by Crippen LogP contribution is 2.28. The molecule has 0 N–H and O–H groups in total. The molecule has 0 aliphatic carbocycles. The molecule has 0 aliphatic rings. The minimum atomic E-state index is -0.141. The average Bonchev–Trinajstić information content (AvgIpc) is 2.47. The van der Waals surface area contributed by atoms with Gasteiger partial charge in [0.2, 0.25) is 0 Å². The number of aromatic nitrogens is 2. The van der Waals surface area contributed by atoms with Gasteiger partial charge in [-0.25, -0.2) is 4.98 Å². The molecular formula is C15H10Cl2N2OS. The summed E-state index contributed by atoms with van der Waals surface area (Å²) < 4.78 is 1.44. The summed E-state index contributed by atoms with van der Waals surface area (Å²) >= 11 is 13.5. The number of hydrogen-bond donors (Lipinski definition) is 0. The molecule has 3 rings (SSSR count). The molecule has 0 unspecified atom stereocenters. The van der Waals surface area contributed by atoms with Crippen LogP contribution in [0.4, 0.5) is 0 Å². The highest BCUT2D eigenvalue weighted by atomic mass is 35.5. The zero-order valence-corrected chi connectivity index (χ0v) is 13.1. The number of benzene rings is 1. The largest absolute Gasteiger partial charge is 0.269 e. The van der Waals surface area contributed by atoms with Crippen molar-refractivity contribution in [1.82, 2.24) is 9.38 Å². The number of pyridine rings is 1. The van der Waals surface area contributed by atoms with E-state index in [1.165, 1.54) is 10.5 Å². The molecule has 106 valence electrons. The van der Waals surface area contributed by atoms with Crippen LogP contribution < -0.4 is 5.56 Å². The Balaban J connectivity index is 1.90. The first kappa shape index (κ1) is 14.4. The third kappa shape index (κ3) is 3.23. The van der Waals surface area contributed by atoms with Crippen molar-refractivity contribution in [2.24, 2.45) is 0 Å². The summed E-state index contributed by atoms with van der Waals surface area (Å²) in [4.78, 5) is 17.5. The summed E-state index contributed by atoms with van der Waals surface area (Å²) in [7, 11) is 0. The quantitative estimate of drug-likeness (QED) is 0.669. The molecule has 3 nitrogen and oxygen atoms in total. The van der Waals surface area contributed by atoms with Crippen molar-refractivity contribution < 1.29 is 0 Å². The molecule has 2 aromatic heterocycles. The van der Waals surface area contributed by atoms with Gasteiger partial charge in [-0.2, -0.15) is 0 Å². The molecule has 0 bridgehead atoms. The molecule has 0 saturated heterocycles. The minimum absolute atomic E-state index is 0.141. The Morgan fingerprint density at radius 2 is 1.95 bits per heavy atom. The number of halogens is 2. The molecule has 3 aromatic rings. The third-order valence-electron chi connectivity index (χ3n) is 2.89. The van der Waals surface area contributed by atoms with E-state index in [4.69, 9.17) is 23.2 Å². The Morgan fingerprint density at radius 3 is 2.76 bits per heavy atom. The van der Waals surface area contributed by atoms with Gasteiger partial charge in [-0.3, -0.25) is 9.20 Å². The molecule has 6 heteroatoms. The van der Waals surface area contributed by atoms with Crippen molar-refractivity contribution in [3.05, 3.63) is 74.8 Å². The van der Waals surface area contributed by atoms with E-state index in [1.807, 2.05) is 24.3 Å². The average molecular weight is 337 g/mol. The predicted octanol–water partition coefficient (Wildman–Crippen LogP) is 4.29. The van der Waals surface area contributed by atoms with Gasteiger partial charge in [0, 0.05) is 22.9 Å². The summed E-state index contributed by atoms with van der Waals surface area (Å²) in [6.07, 6.45) is 1.57. The second-order valence-corrected chi connectivity index (χ2v) is 6.24. The van der Waals surface area contributed by atoms with Crippen LogP contribution in [-0.2, 0) is 5.75 Å². The van der Waals surface area contributed by atoms with Crippen LogP contribution in [0.15, 0.2) is 58.4 Å². The van der Waals surface area contributed by atoms with Gasteiger partial charge in [0.1, 0.15) is 5.65 Å². The molecule has 2 heterocycles. The highest BCUT2D eigenvalue weighted by molar-refractivity contribution is 7.98. The maximum atomic E-state index is 12.1. The van der Waals surface area contributed by atoms with Crippen LogP contribution in [-0.4, -0.2) is 9.38 Å². The lowest BCUT2D eigenvalue weighted by molar-refractivity contribution is 1.01. The van der Waals surface area contributed by atoms with Crippen LogP contribution in [0.5, 0.6) is 0 Å². The van der Waals surface area contributed by atoms with Gasteiger partial charge in [-0.15, -0.1) is 11.8 Å². The van der Waals surface area contributed by atoms with E-state index in [-0.39, 0.29) is 5.56 Å². The molecule has 21 heavy (non-hydrogen) atoms. The monoisotopic (exact) mass is 336 g/mol. The molecular weight excluding hydrogens is 327 g/mol. The van der Waals surface area contributed by atoms with Gasteiger partial charge < -0.3 is 0 Å². The first-order valence-corrected chi connectivity index (χ1v) is 7.93. The van der Waals surface area contributed by atoms with E-state index in [0.717, 1.165) is 4.90 Å². The zero-order valence-electron chi connectivity index (χ0n) is 10.8. The third-order valence-corrected chi connectivity index (χ3v) is 4.66. The van der Waals surface area contributed by atoms with Crippen molar-refractivity contribution in [3.63, 3.8) is 0 Å². The second kappa shape index (κ2) is 6.10. The molecule has 0 atom stereocenters. The SMILES string of the molecule is O=c1cc(CSc2ccccc2Cl)nc2ccc(Cl)cn12. The fourth-order valence-corrected chi connectivity index (χ4v) is 3.21. The maximum Gasteiger partial charge on any atom is 0.258 e. The number of hydrogen-bond acceptors (Lipinski definition) is 3. The van der Waals surface area contributed by atoms with E-state index in [0.29, 0.717) is 27.1 Å². The molecule has 0 spiro atoms. The Kier molecular flexibility index (Phi) is 4.19. The van der Waals surface area contributed by atoms with Crippen LogP contribution in [0.3, 0.4) is 0 Å². The first-order valence-electron chi connectivity index (χ1n) is 6.19. The topological polar surface area (TPSA) is 34.4 Å². The van der Waals surface area contributed by atoms with Crippen molar-refractivity contribution >= 4 is 40.6 Å². The van der Waals surface area contributed by atoms with E-state index in [1.54, 1.807) is 30.1 Å².